The lowest BCUT2D eigenvalue weighted by Gasteiger charge is -2.35. The summed E-state index contributed by atoms with van der Waals surface area (Å²) in [5.41, 5.74) is 5.87. The molecule has 41 heavy (non-hydrogen) atoms. The number of alkyl halides is 3. The van der Waals surface area contributed by atoms with Gasteiger partial charge >= 0.3 is 11.9 Å². The molecule has 0 radical (unpaired) electrons. The molecule has 0 amide bonds. The Balaban J connectivity index is 1.31. The van der Waals surface area contributed by atoms with E-state index in [9.17, 15) is 18.0 Å². The van der Waals surface area contributed by atoms with Crippen molar-refractivity contribution in [2.45, 2.75) is 71.0 Å². The summed E-state index contributed by atoms with van der Waals surface area (Å²) in [6.45, 7) is 6.39. The summed E-state index contributed by atoms with van der Waals surface area (Å²) in [6.07, 6.45) is 6.93. The topological polar surface area (TPSA) is 42.5 Å². The van der Waals surface area contributed by atoms with Crippen LogP contribution in [0.2, 0.25) is 0 Å². The first-order valence-electron chi connectivity index (χ1n) is 14.8. The zero-order valence-corrected chi connectivity index (χ0v) is 23.5. The quantitative estimate of drug-likeness (QED) is 0.227. The van der Waals surface area contributed by atoms with E-state index in [2.05, 4.69) is 29.8 Å². The summed E-state index contributed by atoms with van der Waals surface area (Å²) in [7, 11) is 0. The van der Waals surface area contributed by atoms with E-state index < -0.39 is 17.4 Å². The summed E-state index contributed by atoms with van der Waals surface area (Å²) in [6, 6.07) is 9.06. The third kappa shape index (κ3) is 4.80. The minimum absolute atomic E-state index is 0.117. The minimum atomic E-state index is -4.57. The fourth-order valence-corrected chi connectivity index (χ4v) is 7.16. The maximum Gasteiger partial charge on any atom is 0.418 e. The van der Waals surface area contributed by atoms with Crippen LogP contribution in [-0.2, 0) is 19.1 Å². The molecule has 1 aromatic carbocycles. The van der Waals surface area contributed by atoms with Crippen molar-refractivity contribution >= 4 is 5.52 Å². The van der Waals surface area contributed by atoms with Gasteiger partial charge in [0.05, 0.1) is 16.8 Å². The molecule has 4 heterocycles. The van der Waals surface area contributed by atoms with Gasteiger partial charge in [-0.2, -0.15) is 13.2 Å². The maximum atomic E-state index is 14.3. The van der Waals surface area contributed by atoms with Crippen molar-refractivity contribution in [1.29, 1.82) is 0 Å². The van der Waals surface area contributed by atoms with Crippen molar-refractivity contribution in [2.75, 3.05) is 13.1 Å². The first kappa shape index (κ1) is 26.5. The van der Waals surface area contributed by atoms with Gasteiger partial charge in [0.2, 0.25) is 0 Å². The maximum absolute atomic E-state index is 14.3. The molecule has 2 aliphatic carbocycles. The number of piperidine rings is 1. The Kier molecular flexibility index (Phi) is 6.38. The summed E-state index contributed by atoms with van der Waals surface area (Å²) in [5.74, 6) is 1.22. The Morgan fingerprint density at radius 2 is 1.93 bits per heavy atom. The molecule has 1 saturated heterocycles. The van der Waals surface area contributed by atoms with E-state index in [1.165, 1.54) is 44.3 Å². The van der Waals surface area contributed by atoms with Crippen molar-refractivity contribution in [2.24, 2.45) is 11.8 Å². The first-order chi connectivity index (χ1) is 19.7. The number of hydrogen-bond acceptors (Lipinski definition) is 3. The molecule has 214 valence electrons. The van der Waals surface area contributed by atoms with Gasteiger partial charge in [0.25, 0.3) is 0 Å². The van der Waals surface area contributed by atoms with Crippen LogP contribution < -0.4 is 5.69 Å². The zero-order valence-electron chi connectivity index (χ0n) is 23.5. The molecule has 1 aliphatic heterocycles. The Morgan fingerprint density at radius 3 is 2.66 bits per heavy atom. The molecule has 1 saturated carbocycles. The molecule has 0 N–H and O–H groups in total. The lowest BCUT2D eigenvalue weighted by Crippen LogP contribution is -2.34. The highest BCUT2D eigenvalue weighted by atomic mass is 19.4. The van der Waals surface area contributed by atoms with Crippen LogP contribution in [0.3, 0.4) is 0 Å². The molecular formula is C33H35F3N4O. The van der Waals surface area contributed by atoms with Gasteiger partial charge in [-0.3, -0.25) is 18.9 Å². The van der Waals surface area contributed by atoms with E-state index in [-0.39, 0.29) is 11.4 Å². The molecule has 0 unspecified atom stereocenters. The summed E-state index contributed by atoms with van der Waals surface area (Å²) >= 11 is 0. The van der Waals surface area contributed by atoms with Crippen LogP contribution in [0.25, 0.3) is 11.2 Å². The Labute approximate surface area is 237 Å². The van der Waals surface area contributed by atoms with Crippen LogP contribution in [0.4, 0.5) is 13.2 Å². The number of rotatable bonds is 6. The van der Waals surface area contributed by atoms with Gasteiger partial charge in [-0.05, 0) is 97.0 Å². The minimum Gasteiger partial charge on any atom is -0.299 e. The van der Waals surface area contributed by atoms with E-state index in [4.69, 9.17) is 0 Å². The van der Waals surface area contributed by atoms with Crippen LogP contribution in [0.1, 0.15) is 84.0 Å². The number of aryl methyl sites for hydroxylation is 1. The van der Waals surface area contributed by atoms with Crippen molar-refractivity contribution in [1.82, 2.24) is 18.9 Å². The highest BCUT2D eigenvalue weighted by Gasteiger charge is 2.37. The molecule has 2 fully saturated rings. The fraction of sp³-hybridized carbons (Fsp3) is 0.455. The van der Waals surface area contributed by atoms with Crippen molar-refractivity contribution in [3.63, 3.8) is 0 Å². The number of halogens is 3. The zero-order chi connectivity index (χ0) is 28.5. The van der Waals surface area contributed by atoms with Crippen molar-refractivity contribution < 1.29 is 13.2 Å². The van der Waals surface area contributed by atoms with E-state index in [1.807, 2.05) is 24.4 Å². The number of pyridine rings is 2. The van der Waals surface area contributed by atoms with Gasteiger partial charge in [0.15, 0.2) is 0 Å². The number of nitrogens with zero attached hydrogens (tertiary/aromatic N) is 4. The third-order valence-electron chi connectivity index (χ3n) is 9.45. The van der Waals surface area contributed by atoms with E-state index in [0.717, 1.165) is 56.5 Å². The van der Waals surface area contributed by atoms with E-state index in [1.54, 1.807) is 6.20 Å². The summed E-state index contributed by atoms with van der Waals surface area (Å²) < 4.78 is 45.5. The second-order valence-corrected chi connectivity index (χ2v) is 12.5. The summed E-state index contributed by atoms with van der Waals surface area (Å²) in [4.78, 5) is 20.4. The van der Waals surface area contributed by atoms with Gasteiger partial charge in [0, 0.05) is 49.7 Å². The molecule has 3 aliphatic rings. The molecule has 8 heteroatoms. The van der Waals surface area contributed by atoms with E-state index in [0.29, 0.717) is 29.6 Å². The fourth-order valence-electron chi connectivity index (χ4n) is 7.16. The smallest absolute Gasteiger partial charge is 0.299 e. The predicted octanol–water partition coefficient (Wildman–Crippen LogP) is 6.88. The third-order valence-corrected chi connectivity index (χ3v) is 9.45. The highest BCUT2D eigenvalue weighted by Crippen LogP contribution is 2.48. The Bertz CT molecular complexity index is 1690. The number of imidazole rings is 1. The normalized spacial score (nSPS) is 20.2. The number of hydrogen-bond donors (Lipinski definition) is 0. The van der Waals surface area contributed by atoms with Crippen LogP contribution in [0, 0.1) is 18.8 Å². The standard InChI is InChI=1S/C33H35F3N4O/c1-20-6-5-11-38(16-20)17-22-12-27(33(34,35)36)29-19-39(32(41)40(29)18-22)25-10-4-9-24(13-25)31(23-7-3-8-23)30-21(2)15-37-28-14-26(28)30/h4,9-10,12-13,15,18-20,23,31H,3,5-8,11,14,16-17H2,1-2H3/t20-,31+/m0/s1. The molecule has 4 aromatic rings. The summed E-state index contributed by atoms with van der Waals surface area (Å²) in [5, 5.41) is 0. The second-order valence-electron chi connectivity index (χ2n) is 12.5. The van der Waals surface area contributed by atoms with Gasteiger partial charge in [-0.1, -0.05) is 25.5 Å². The molecule has 0 bridgehead atoms. The van der Waals surface area contributed by atoms with Crippen LogP contribution in [0.15, 0.2) is 53.7 Å². The predicted molar refractivity (Wildman–Crippen MR) is 153 cm³/mol. The number of benzene rings is 1. The van der Waals surface area contributed by atoms with Crippen LogP contribution in [0.5, 0.6) is 0 Å². The number of likely N-dealkylation sites (tertiary alicyclic amines) is 1. The lowest BCUT2D eigenvalue weighted by atomic mass is 9.69. The molecule has 5 nitrogen and oxygen atoms in total. The Hall–Kier alpha value is -3.39. The lowest BCUT2D eigenvalue weighted by molar-refractivity contribution is -0.136. The van der Waals surface area contributed by atoms with Gasteiger partial charge in [-0.25, -0.2) is 4.79 Å². The second kappa shape index (κ2) is 9.86. The number of aromatic nitrogens is 3. The highest BCUT2D eigenvalue weighted by molar-refractivity contribution is 5.59. The van der Waals surface area contributed by atoms with Crippen LogP contribution in [-0.4, -0.2) is 31.9 Å². The molecule has 0 spiro atoms. The van der Waals surface area contributed by atoms with Gasteiger partial charge in [0.1, 0.15) is 0 Å². The molecular weight excluding hydrogens is 525 g/mol. The van der Waals surface area contributed by atoms with Gasteiger partial charge < -0.3 is 0 Å². The monoisotopic (exact) mass is 560 g/mol. The average molecular weight is 561 g/mol. The largest absolute Gasteiger partial charge is 0.418 e. The first-order valence-corrected chi connectivity index (χ1v) is 14.8. The average Bonchev–Trinajstić information content (AvgIpc) is 3.61. The molecule has 7 rings (SSSR count). The number of fused-ring (bicyclic) bond motifs is 2. The Morgan fingerprint density at radius 1 is 1.10 bits per heavy atom. The van der Waals surface area contributed by atoms with Crippen molar-refractivity contribution in [3.05, 3.63) is 98.5 Å². The SMILES string of the molecule is Cc1cnc2c(c1[C@@H](c1cccc(-n3cc4c(C(F)(F)F)cc(CN5CCC[C@H](C)C5)cn4c3=O)c1)C1CCC1)C2. The molecule has 3 aromatic heterocycles. The molecule has 2 atom stereocenters. The van der Waals surface area contributed by atoms with Crippen molar-refractivity contribution in [3.8, 4) is 5.69 Å². The van der Waals surface area contributed by atoms with Gasteiger partial charge in [-0.15, -0.1) is 0 Å². The van der Waals surface area contributed by atoms with Crippen LogP contribution >= 0.6 is 0 Å². The van der Waals surface area contributed by atoms with E-state index >= 15 is 0 Å².